The van der Waals surface area contributed by atoms with E-state index < -0.39 is 61.7 Å². The second-order valence-corrected chi connectivity index (χ2v) is 19.1. The zero-order valence-corrected chi connectivity index (χ0v) is 41.5. The van der Waals surface area contributed by atoms with E-state index in [-0.39, 0.29) is 18.9 Å². The van der Waals surface area contributed by atoms with Gasteiger partial charge in [0, 0.05) is 13.5 Å². The number of alkyl carbamates (subject to hydrolysis) is 1. The highest BCUT2D eigenvalue weighted by Gasteiger charge is 2.45. The van der Waals surface area contributed by atoms with Gasteiger partial charge in [-0.05, 0) is 12.8 Å². The molecule has 0 aliphatic carbocycles. The predicted octanol–water partition coefficient (Wildman–Crippen LogP) is 10.8. The number of nitrogens with one attached hydrogen (secondary N) is 2. The molecular weight excluding hydrogens is 813 g/mol. The van der Waals surface area contributed by atoms with E-state index in [1.165, 1.54) is 180 Å². The summed E-state index contributed by atoms with van der Waals surface area (Å²) in [6.07, 6.45) is 34.0. The number of carbonyl (C=O) groups excluding carboxylic acids is 2. The van der Waals surface area contributed by atoms with Gasteiger partial charge in [-0.15, -0.1) is 0 Å². The average molecular weight is 915 g/mol. The molecule has 0 bridgehead atoms. The number of aliphatic hydroxyl groups excluding tert-OH is 5. The largest absolute Gasteiger partial charge is 0.447 e. The lowest BCUT2D eigenvalue weighted by Crippen LogP contribution is -2.60. The van der Waals surface area contributed by atoms with Crippen LogP contribution in [-0.4, -0.2) is 107 Å². The van der Waals surface area contributed by atoms with Crippen molar-refractivity contribution in [1.82, 2.24) is 10.6 Å². The molecule has 64 heavy (non-hydrogen) atoms. The Kier molecular flexibility index (Phi) is 40.4. The van der Waals surface area contributed by atoms with E-state index in [0.29, 0.717) is 12.8 Å². The molecule has 380 valence electrons. The number of hydrogen-bond donors (Lipinski definition) is 7. The maximum absolute atomic E-state index is 13.1. The molecule has 0 aromatic carbocycles. The molecule has 1 aliphatic heterocycles. The summed E-state index contributed by atoms with van der Waals surface area (Å²) in [4.78, 5) is 24.7. The molecule has 1 saturated heterocycles. The van der Waals surface area contributed by atoms with Crippen LogP contribution in [0.5, 0.6) is 0 Å². The molecule has 0 saturated carbocycles. The third kappa shape index (κ3) is 32.2. The highest BCUT2D eigenvalue weighted by atomic mass is 16.7. The Balaban J connectivity index is 2.38. The Hall–Kier alpha value is -1.54. The van der Waals surface area contributed by atoms with E-state index in [1.807, 2.05) is 0 Å². The normalized spacial score (nSPS) is 20.2. The predicted molar refractivity (Wildman–Crippen MR) is 259 cm³/mol. The van der Waals surface area contributed by atoms with Crippen LogP contribution in [-0.2, 0) is 19.0 Å². The average Bonchev–Trinajstić information content (AvgIpc) is 3.29. The number of amides is 2. The van der Waals surface area contributed by atoms with Crippen molar-refractivity contribution in [2.75, 3.05) is 20.3 Å². The lowest BCUT2D eigenvalue weighted by Gasteiger charge is -2.40. The number of hydrogen-bond acceptors (Lipinski definition) is 10. The van der Waals surface area contributed by atoms with E-state index in [2.05, 4.69) is 24.5 Å². The van der Waals surface area contributed by atoms with Crippen LogP contribution in [0.3, 0.4) is 0 Å². The number of carbonyl (C=O) groups is 2. The van der Waals surface area contributed by atoms with Gasteiger partial charge in [0.2, 0.25) is 5.91 Å². The van der Waals surface area contributed by atoms with Crippen molar-refractivity contribution in [3.8, 4) is 0 Å². The molecule has 12 nitrogen and oxygen atoms in total. The molecule has 0 unspecified atom stereocenters. The molecule has 0 aromatic rings. The minimum absolute atomic E-state index is 0.267. The smallest absolute Gasteiger partial charge is 0.406 e. The molecule has 0 radical (unpaired) electrons. The van der Waals surface area contributed by atoms with Crippen LogP contribution in [0.15, 0.2) is 0 Å². The van der Waals surface area contributed by atoms with Crippen LogP contribution in [0.25, 0.3) is 0 Å². The van der Waals surface area contributed by atoms with Gasteiger partial charge in [-0.3, -0.25) is 4.79 Å². The molecule has 1 aliphatic rings. The summed E-state index contributed by atoms with van der Waals surface area (Å²) >= 11 is 0. The van der Waals surface area contributed by atoms with Gasteiger partial charge >= 0.3 is 6.09 Å². The summed E-state index contributed by atoms with van der Waals surface area (Å²) in [7, 11) is 1.38. The van der Waals surface area contributed by atoms with Crippen LogP contribution in [0, 0.1) is 0 Å². The lowest BCUT2D eigenvalue weighted by atomic mass is 9.98. The summed E-state index contributed by atoms with van der Waals surface area (Å²) in [5, 5.41) is 59.0. The molecule has 8 atom stereocenters. The molecular formula is C52H102N2O10. The van der Waals surface area contributed by atoms with Gasteiger partial charge in [0.1, 0.15) is 37.1 Å². The number of rotatable bonds is 45. The van der Waals surface area contributed by atoms with Crippen molar-refractivity contribution >= 4 is 12.0 Å². The van der Waals surface area contributed by atoms with Crippen molar-refractivity contribution in [2.24, 2.45) is 0 Å². The van der Waals surface area contributed by atoms with Crippen LogP contribution in [0.1, 0.15) is 251 Å². The maximum atomic E-state index is 13.1. The van der Waals surface area contributed by atoms with Gasteiger partial charge in [0.05, 0.1) is 18.8 Å². The molecule has 0 spiro atoms. The monoisotopic (exact) mass is 915 g/mol. The Morgan fingerprint density at radius 2 is 0.906 bits per heavy atom. The second kappa shape index (κ2) is 42.8. The Labute approximate surface area is 391 Å². The van der Waals surface area contributed by atoms with E-state index in [0.717, 1.165) is 44.9 Å². The van der Waals surface area contributed by atoms with Gasteiger partial charge < -0.3 is 50.4 Å². The minimum atomic E-state index is -1.66. The molecule has 12 heteroatoms. The van der Waals surface area contributed by atoms with Crippen LogP contribution in [0.4, 0.5) is 4.79 Å². The first-order valence-electron chi connectivity index (χ1n) is 27.0. The lowest BCUT2D eigenvalue weighted by molar-refractivity contribution is -0.302. The summed E-state index contributed by atoms with van der Waals surface area (Å²) in [6.45, 7) is 3.77. The fourth-order valence-corrected chi connectivity index (χ4v) is 8.83. The topological polar surface area (TPSA) is 187 Å². The van der Waals surface area contributed by atoms with Gasteiger partial charge in [-0.2, -0.15) is 0 Å². The minimum Gasteiger partial charge on any atom is -0.447 e. The highest BCUT2D eigenvalue weighted by Crippen LogP contribution is 2.24. The van der Waals surface area contributed by atoms with E-state index in [9.17, 15) is 35.1 Å². The van der Waals surface area contributed by atoms with Crippen LogP contribution in [0.2, 0.25) is 0 Å². The van der Waals surface area contributed by atoms with Gasteiger partial charge in [-0.1, -0.05) is 232 Å². The van der Waals surface area contributed by atoms with Crippen LogP contribution < -0.4 is 10.6 Å². The fraction of sp³-hybridized carbons (Fsp3) is 0.962. The van der Waals surface area contributed by atoms with E-state index in [4.69, 9.17) is 14.2 Å². The van der Waals surface area contributed by atoms with E-state index >= 15 is 0 Å². The van der Waals surface area contributed by atoms with Gasteiger partial charge in [0.25, 0.3) is 0 Å². The number of ether oxygens (including phenoxy) is 3. The molecule has 1 fully saturated rings. The van der Waals surface area contributed by atoms with Crippen molar-refractivity contribution in [3.63, 3.8) is 0 Å². The van der Waals surface area contributed by atoms with Crippen molar-refractivity contribution in [3.05, 3.63) is 0 Å². The molecule has 0 aromatic heterocycles. The first kappa shape index (κ1) is 60.5. The first-order chi connectivity index (χ1) is 31.2. The first-order valence-corrected chi connectivity index (χ1v) is 27.0. The molecule has 1 heterocycles. The zero-order valence-electron chi connectivity index (χ0n) is 41.5. The SMILES string of the molecule is CCCCCCCCCCCCCCCCCCCCCCCCCC(=O)N[C@@H](CO[C@H]1O[C@H](COC(=O)NC)[C@H](O)[C@H](O)[C@H]1O)[C@H](O)[C@H](O)CCCCCCCCCCCCCC. The summed E-state index contributed by atoms with van der Waals surface area (Å²) < 4.78 is 16.4. The molecule has 7 N–H and O–H groups in total. The molecule has 2 amide bonds. The van der Waals surface area contributed by atoms with Gasteiger partial charge in [0.15, 0.2) is 6.29 Å². The number of aliphatic hydroxyl groups is 5. The third-order valence-electron chi connectivity index (χ3n) is 13.2. The van der Waals surface area contributed by atoms with Gasteiger partial charge in [-0.25, -0.2) is 4.79 Å². The standard InChI is InChI=1S/C52H102N2O10/c1-4-6-8-10-12-14-16-18-19-20-21-22-23-24-25-26-27-28-30-32-34-36-38-40-46(56)54-43(41-62-51-50(60)49(59)48(58)45(64-51)42-63-52(61)53-3)47(57)44(55)39-37-35-33-31-29-17-15-13-11-9-7-5-2/h43-45,47-51,55,57-60H,4-42H2,1-3H3,(H,53,61)(H,54,56)/t43-,44+,45+,47-,48-,49-,50+,51-/m0/s1. The summed E-state index contributed by atoms with van der Waals surface area (Å²) in [5.41, 5.74) is 0. The van der Waals surface area contributed by atoms with E-state index in [1.54, 1.807) is 0 Å². The van der Waals surface area contributed by atoms with Crippen molar-refractivity contribution < 1.29 is 49.3 Å². The Morgan fingerprint density at radius 1 is 0.531 bits per heavy atom. The Morgan fingerprint density at radius 3 is 1.30 bits per heavy atom. The number of unbranched alkanes of at least 4 members (excludes halogenated alkanes) is 33. The molecule has 1 rings (SSSR count). The third-order valence-corrected chi connectivity index (χ3v) is 13.2. The van der Waals surface area contributed by atoms with Crippen LogP contribution >= 0.6 is 0 Å². The maximum Gasteiger partial charge on any atom is 0.406 e. The quantitative estimate of drug-likeness (QED) is 0.0290. The van der Waals surface area contributed by atoms with Crippen molar-refractivity contribution in [2.45, 2.75) is 300 Å². The highest BCUT2D eigenvalue weighted by molar-refractivity contribution is 5.76. The zero-order chi connectivity index (χ0) is 46.9. The van der Waals surface area contributed by atoms with Crippen molar-refractivity contribution in [1.29, 1.82) is 0 Å². The summed E-state index contributed by atoms with van der Waals surface area (Å²) in [6, 6.07) is -1.02. The summed E-state index contributed by atoms with van der Waals surface area (Å²) in [5.74, 6) is -0.272. The fourth-order valence-electron chi connectivity index (χ4n) is 8.83. The second-order valence-electron chi connectivity index (χ2n) is 19.1. The Bertz CT molecular complexity index is 1060.